The van der Waals surface area contributed by atoms with Crippen molar-refractivity contribution in [2.24, 2.45) is 0 Å². The summed E-state index contributed by atoms with van der Waals surface area (Å²) >= 11 is 0. The van der Waals surface area contributed by atoms with Gasteiger partial charge in [0.05, 0.1) is 0 Å². The summed E-state index contributed by atoms with van der Waals surface area (Å²) in [4.78, 5) is 14.4. The van der Waals surface area contributed by atoms with Crippen LogP contribution in [0, 0.1) is 6.92 Å². The van der Waals surface area contributed by atoms with E-state index in [1.165, 1.54) is 5.56 Å². The second kappa shape index (κ2) is 5.90. The smallest absolute Gasteiger partial charge is 0.289 e. The summed E-state index contributed by atoms with van der Waals surface area (Å²) in [6.07, 6.45) is 2.03. The van der Waals surface area contributed by atoms with Gasteiger partial charge in [-0.15, -0.1) is 0 Å². The first-order valence-electron chi connectivity index (χ1n) is 7.70. The van der Waals surface area contributed by atoms with Crippen molar-refractivity contribution in [3.05, 3.63) is 35.6 Å². The maximum absolute atomic E-state index is 12.5. The Morgan fingerprint density at radius 3 is 2.81 bits per heavy atom. The molecule has 1 amide bonds. The molecule has 21 heavy (non-hydrogen) atoms. The van der Waals surface area contributed by atoms with Crippen LogP contribution in [-0.4, -0.2) is 36.5 Å². The molecule has 0 aliphatic carbocycles. The van der Waals surface area contributed by atoms with E-state index in [0.717, 1.165) is 43.4 Å². The lowest BCUT2D eigenvalue weighted by atomic mass is 10.0. The Kier molecular flexibility index (Phi) is 3.97. The molecule has 4 nitrogen and oxygen atoms in total. The Balaban J connectivity index is 1.72. The summed E-state index contributed by atoms with van der Waals surface area (Å²) < 4.78 is 5.71. The summed E-state index contributed by atoms with van der Waals surface area (Å²) in [6, 6.07) is 8.38. The molecule has 0 bridgehead atoms. The zero-order valence-electron chi connectivity index (χ0n) is 12.7. The van der Waals surface area contributed by atoms with Crippen molar-refractivity contribution in [3.63, 3.8) is 0 Å². The minimum atomic E-state index is 0.0128. The normalized spacial score (nSPS) is 16.6. The van der Waals surface area contributed by atoms with E-state index >= 15 is 0 Å². The van der Waals surface area contributed by atoms with Crippen molar-refractivity contribution < 1.29 is 9.21 Å². The number of nitrogens with zero attached hydrogens (tertiary/aromatic N) is 1. The molecule has 1 N–H and O–H groups in total. The van der Waals surface area contributed by atoms with Gasteiger partial charge in [0.2, 0.25) is 0 Å². The number of nitrogens with one attached hydrogen (secondary N) is 1. The lowest BCUT2D eigenvalue weighted by Gasteiger charge is -2.31. The highest BCUT2D eigenvalue weighted by atomic mass is 16.3. The van der Waals surface area contributed by atoms with E-state index < -0.39 is 0 Å². The molecule has 112 valence electrons. The van der Waals surface area contributed by atoms with E-state index in [2.05, 4.69) is 12.2 Å². The molecular formula is C17H22N2O2. The molecule has 0 radical (unpaired) electrons. The Bertz CT molecular complexity index is 639. The average molecular weight is 286 g/mol. The highest BCUT2D eigenvalue weighted by Crippen LogP contribution is 2.23. The molecule has 1 saturated heterocycles. The Morgan fingerprint density at radius 2 is 2.10 bits per heavy atom. The van der Waals surface area contributed by atoms with Crippen molar-refractivity contribution >= 4 is 16.9 Å². The van der Waals surface area contributed by atoms with Gasteiger partial charge in [0.25, 0.3) is 5.91 Å². The van der Waals surface area contributed by atoms with Crippen LogP contribution in [0.3, 0.4) is 0 Å². The maximum atomic E-state index is 12.5. The molecule has 0 atom stereocenters. The van der Waals surface area contributed by atoms with Gasteiger partial charge in [-0.3, -0.25) is 4.79 Å². The molecular weight excluding hydrogens is 264 g/mol. The van der Waals surface area contributed by atoms with E-state index in [-0.39, 0.29) is 5.91 Å². The predicted octanol–water partition coefficient (Wildman–Crippen LogP) is 2.96. The van der Waals surface area contributed by atoms with Crippen molar-refractivity contribution in [3.8, 4) is 0 Å². The number of rotatable bonds is 3. The number of hydrogen-bond acceptors (Lipinski definition) is 3. The van der Waals surface area contributed by atoms with Crippen molar-refractivity contribution in [1.29, 1.82) is 0 Å². The van der Waals surface area contributed by atoms with Gasteiger partial charge in [-0.25, -0.2) is 0 Å². The van der Waals surface area contributed by atoms with Crippen LogP contribution in [0.1, 0.15) is 35.9 Å². The van der Waals surface area contributed by atoms with E-state index in [9.17, 15) is 4.79 Å². The summed E-state index contributed by atoms with van der Waals surface area (Å²) in [5.74, 6) is 0.469. The molecule has 1 aromatic carbocycles. The predicted molar refractivity (Wildman–Crippen MR) is 83.6 cm³/mol. The lowest BCUT2D eigenvalue weighted by Crippen LogP contribution is -2.44. The van der Waals surface area contributed by atoms with Crippen LogP contribution in [0.4, 0.5) is 0 Å². The number of piperidine rings is 1. The summed E-state index contributed by atoms with van der Waals surface area (Å²) in [5.41, 5.74) is 1.96. The Morgan fingerprint density at radius 1 is 1.33 bits per heavy atom. The molecule has 2 aromatic rings. The van der Waals surface area contributed by atoms with Crippen LogP contribution in [0.2, 0.25) is 0 Å². The monoisotopic (exact) mass is 286 g/mol. The minimum absolute atomic E-state index is 0.0128. The number of fused-ring (bicyclic) bond motifs is 1. The van der Waals surface area contributed by atoms with Crippen molar-refractivity contribution in [2.75, 3.05) is 19.6 Å². The topological polar surface area (TPSA) is 45.5 Å². The summed E-state index contributed by atoms with van der Waals surface area (Å²) in [5, 5.41) is 4.45. The standard InChI is InChI=1S/C17H22N2O2/c1-3-18-14-6-8-19(9-7-14)17(20)16-11-13-10-12(2)4-5-15(13)21-16/h4-5,10-11,14,18H,3,6-9H2,1-2H3. The van der Waals surface area contributed by atoms with Gasteiger partial charge in [0, 0.05) is 24.5 Å². The number of carbonyl (C=O) groups excluding carboxylic acids is 1. The van der Waals surface area contributed by atoms with Gasteiger partial charge in [0.15, 0.2) is 5.76 Å². The van der Waals surface area contributed by atoms with Crippen LogP contribution < -0.4 is 5.32 Å². The lowest BCUT2D eigenvalue weighted by molar-refractivity contribution is 0.0676. The third-order valence-electron chi connectivity index (χ3n) is 4.16. The molecule has 1 fully saturated rings. The molecule has 4 heteroatoms. The fourth-order valence-electron chi connectivity index (χ4n) is 3.00. The van der Waals surface area contributed by atoms with Crippen LogP contribution in [-0.2, 0) is 0 Å². The second-order valence-electron chi connectivity index (χ2n) is 5.78. The molecule has 0 unspecified atom stereocenters. The highest BCUT2D eigenvalue weighted by Gasteiger charge is 2.25. The number of carbonyl (C=O) groups is 1. The van der Waals surface area contributed by atoms with Gasteiger partial charge in [-0.2, -0.15) is 0 Å². The van der Waals surface area contributed by atoms with Gasteiger partial charge in [-0.1, -0.05) is 18.6 Å². The largest absolute Gasteiger partial charge is 0.451 e. The molecule has 0 spiro atoms. The molecule has 1 aliphatic rings. The summed E-state index contributed by atoms with van der Waals surface area (Å²) in [6.45, 7) is 6.74. The Hall–Kier alpha value is -1.81. The second-order valence-corrected chi connectivity index (χ2v) is 5.78. The van der Waals surface area contributed by atoms with E-state index in [1.807, 2.05) is 36.1 Å². The van der Waals surface area contributed by atoms with Crippen LogP contribution in [0.5, 0.6) is 0 Å². The molecule has 1 aliphatic heterocycles. The van der Waals surface area contributed by atoms with E-state index in [4.69, 9.17) is 4.42 Å². The SMILES string of the molecule is CCNC1CCN(C(=O)c2cc3cc(C)ccc3o2)CC1. The quantitative estimate of drug-likeness (QED) is 0.943. The number of aryl methyl sites for hydroxylation is 1. The molecule has 2 heterocycles. The number of hydrogen-bond donors (Lipinski definition) is 1. The van der Waals surface area contributed by atoms with E-state index in [0.29, 0.717) is 11.8 Å². The average Bonchev–Trinajstić information content (AvgIpc) is 2.90. The van der Waals surface area contributed by atoms with Crippen LogP contribution >= 0.6 is 0 Å². The third kappa shape index (κ3) is 2.95. The fraction of sp³-hybridized carbons (Fsp3) is 0.471. The minimum Gasteiger partial charge on any atom is -0.451 e. The molecule has 3 rings (SSSR count). The molecule has 1 aromatic heterocycles. The zero-order chi connectivity index (χ0) is 14.8. The first-order valence-corrected chi connectivity index (χ1v) is 7.70. The Labute approximate surface area is 125 Å². The number of amides is 1. The number of likely N-dealkylation sites (tertiary alicyclic amines) is 1. The highest BCUT2D eigenvalue weighted by molar-refractivity contribution is 5.96. The number of furan rings is 1. The van der Waals surface area contributed by atoms with E-state index in [1.54, 1.807) is 0 Å². The number of benzene rings is 1. The van der Waals surface area contributed by atoms with Crippen molar-refractivity contribution in [2.45, 2.75) is 32.7 Å². The molecule has 0 saturated carbocycles. The van der Waals surface area contributed by atoms with Gasteiger partial charge in [0.1, 0.15) is 5.58 Å². The first kappa shape index (κ1) is 14.1. The van der Waals surface area contributed by atoms with Crippen LogP contribution in [0.15, 0.2) is 28.7 Å². The van der Waals surface area contributed by atoms with Crippen molar-refractivity contribution in [1.82, 2.24) is 10.2 Å². The fourth-order valence-corrected chi connectivity index (χ4v) is 3.00. The third-order valence-corrected chi connectivity index (χ3v) is 4.16. The zero-order valence-corrected chi connectivity index (χ0v) is 12.7. The van der Waals surface area contributed by atoms with Crippen LogP contribution in [0.25, 0.3) is 11.0 Å². The van der Waals surface area contributed by atoms with Gasteiger partial charge >= 0.3 is 0 Å². The maximum Gasteiger partial charge on any atom is 0.289 e. The van der Waals surface area contributed by atoms with Gasteiger partial charge in [-0.05, 0) is 44.5 Å². The van der Waals surface area contributed by atoms with Gasteiger partial charge < -0.3 is 14.6 Å². The summed E-state index contributed by atoms with van der Waals surface area (Å²) in [7, 11) is 0. The first-order chi connectivity index (χ1) is 10.2.